The van der Waals surface area contributed by atoms with Crippen molar-refractivity contribution >= 4 is 17.4 Å². The number of aromatic amines is 1. The SMILES string of the molecule is O=C(C[C@@H](c1ccc(Cl)c(F)c1)c1ncccc1F)c1ccc(=O)[nH]c1. The van der Waals surface area contributed by atoms with Crippen molar-refractivity contribution in [2.75, 3.05) is 0 Å². The van der Waals surface area contributed by atoms with Crippen molar-refractivity contribution in [3.05, 3.63) is 98.7 Å². The van der Waals surface area contributed by atoms with Crippen LogP contribution in [0.2, 0.25) is 5.02 Å². The number of carbonyl (C=O) groups excluding carboxylic acids is 1. The first-order valence-electron chi connectivity index (χ1n) is 7.73. The first-order valence-corrected chi connectivity index (χ1v) is 8.11. The van der Waals surface area contributed by atoms with Crippen molar-refractivity contribution in [2.24, 2.45) is 0 Å². The molecule has 7 heteroatoms. The molecule has 3 rings (SSSR count). The Morgan fingerprint density at radius 3 is 2.62 bits per heavy atom. The molecule has 1 atom stereocenters. The Labute approximate surface area is 152 Å². The van der Waals surface area contributed by atoms with Crippen LogP contribution in [0.15, 0.2) is 59.7 Å². The summed E-state index contributed by atoms with van der Waals surface area (Å²) in [6, 6.07) is 9.32. The van der Waals surface area contributed by atoms with E-state index in [0.717, 1.165) is 0 Å². The summed E-state index contributed by atoms with van der Waals surface area (Å²) < 4.78 is 28.2. The monoisotopic (exact) mass is 374 g/mol. The number of hydrogen-bond acceptors (Lipinski definition) is 3. The number of ketones is 1. The number of nitrogens with zero attached hydrogens (tertiary/aromatic N) is 1. The van der Waals surface area contributed by atoms with Crippen molar-refractivity contribution in [3.63, 3.8) is 0 Å². The van der Waals surface area contributed by atoms with E-state index in [4.69, 9.17) is 11.6 Å². The molecule has 2 aromatic heterocycles. The largest absolute Gasteiger partial charge is 0.328 e. The molecule has 0 aliphatic heterocycles. The van der Waals surface area contributed by atoms with Crippen LogP contribution in [0.5, 0.6) is 0 Å². The van der Waals surface area contributed by atoms with E-state index in [1.165, 1.54) is 54.9 Å². The molecule has 3 aromatic rings. The maximum atomic E-state index is 14.3. The second-order valence-corrected chi connectivity index (χ2v) is 6.07. The van der Waals surface area contributed by atoms with Crippen LogP contribution in [0.25, 0.3) is 0 Å². The molecule has 4 nitrogen and oxygen atoms in total. The molecule has 132 valence electrons. The summed E-state index contributed by atoms with van der Waals surface area (Å²) >= 11 is 5.71. The molecule has 2 heterocycles. The van der Waals surface area contributed by atoms with Crippen molar-refractivity contribution in [3.8, 4) is 0 Å². The van der Waals surface area contributed by atoms with Gasteiger partial charge in [0.2, 0.25) is 5.56 Å². The van der Waals surface area contributed by atoms with Gasteiger partial charge in [-0.2, -0.15) is 0 Å². The van der Waals surface area contributed by atoms with Gasteiger partial charge in [-0.3, -0.25) is 14.6 Å². The fraction of sp³-hybridized carbons (Fsp3) is 0.105. The van der Waals surface area contributed by atoms with Gasteiger partial charge in [-0.25, -0.2) is 8.78 Å². The topological polar surface area (TPSA) is 62.8 Å². The predicted molar refractivity (Wildman–Crippen MR) is 93.5 cm³/mol. The maximum absolute atomic E-state index is 14.3. The van der Waals surface area contributed by atoms with Crippen molar-refractivity contribution in [2.45, 2.75) is 12.3 Å². The Balaban J connectivity index is 2.01. The number of aromatic nitrogens is 2. The smallest absolute Gasteiger partial charge is 0.247 e. The number of H-pyrrole nitrogens is 1. The van der Waals surface area contributed by atoms with Gasteiger partial charge >= 0.3 is 0 Å². The lowest BCUT2D eigenvalue weighted by atomic mass is 9.88. The van der Waals surface area contributed by atoms with Crippen molar-refractivity contribution < 1.29 is 13.6 Å². The molecule has 0 radical (unpaired) electrons. The molecule has 0 bridgehead atoms. The third kappa shape index (κ3) is 3.86. The number of carbonyl (C=O) groups is 1. The number of hydrogen-bond donors (Lipinski definition) is 1. The van der Waals surface area contributed by atoms with Crippen LogP contribution in [0.3, 0.4) is 0 Å². The summed E-state index contributed by atoms with van der Waals surface area (Å²) in [5.41, 5.74) is 0.336. The summed E-state index contributed by atoms with van der Waals surface area (Å²) in [5, 5.41) is -0.0686. The molecule has 0 spiro atoms. The summed E-state index contributed by atoms with van der Waals surface area (Å²) in [7, 11) is 0. The fourth-order valence-electron chi connectivity index (χ4n) is 2.64. The highest BCUT2D eigenvalue weighted by Crippen LogP contribution is 2.31. The number of halogens is 3. The van der Waals surface area contributed by atoms with E-state index in [0.29, 0.717) is 5.56 Å². The molecule has 1 N–H and O–H groups in total. The Hall–Kier alpha value is -2.86. The van der Waals surface area contributed by atoms with E-state index in [1.807, 2.05) is 0 Å². The van der Waals surface area contributed by atoms with E-state index >= 15 is 0 Å². The van der Waals surface area contributed by atoms with Crippen LogP contribution in [0.4, 0.5) is 8.78 Å². The minimum absolute atomic E-state index is 0.0343. The number of pyridine rings is 2. The molecule has 0 aliphatic carbocycles. The Morgan fingerprint density at radius 2 is 1.96 bits per heavy atom. The summed E-state index contributed by atoms with van der Waals surface area (Å²) in [6.45, 7) is 0. The summed E-state index contributed by atoms with van der Waals surface area (Å²) in [5.74, 6) is -2.40. The summed E-state index contributed by atoms with van der Waals surface area (Å²) in [6.07, 6.45) is 2.54. The van der Waals surface area contributed by atoms with Gasteiger partial charge in [0, 0.05) is 36.4 Å². The van der Waals surface area contributed by atoms with E-state index < -0.39 is 17.6 Å². The van der Waals surface area contributed by atoms with Crippen LogP contribution >= 0.6 is 11.6 Å². The Kier molecular flexibility index (Phi) is 5.23. The molecule has 26 heavy (non-hydrogen) atoms. The lowest BCUT2D eigenvalue weighted by Crippen LogP contribution is -2.14. The van der Waals surface area contributed by atoms with Gasteiger partial charge in [-0.15, -0.1) is 0 Å². The number of nitrogens with one attached hydrogen (secondary N) is 1. The van der Waals surface area contributed by atoms with Crippen LogP contribution in [0, 0.1) is 11.6 Å². The minimum atomic E-state index is -0.803. The second-order valence-electron chi connectivity index (χ2n) is 5.67. The third-order valence-electron chi connectivity index (χ3n) is 3.96. The number of benzene rings is 1. The van der Waals surface area contributed by atoms with Gasteiger partial charge in [0.05, 0.1) is 10.7 Å². The first kappa shape index (κ1) is 17.9. The van der Waals surface area contributed by atoms with Gasteiger partial charge in [0.1, 0.15) is 11.6 Å². The first-order chi connectivity index (χ1) is 12.5. The van der Waals surface area contributed by atoms with Gasteiger partial charge in [0.25, 0.3) is 0 Å². The molecule has 0 aliphatic rings. The molecular formula is C19H13ClF2N2O2. The van der Waals surface area contributed by atoms with E-state index in [2.05, 4.69) is 9.97 Å². The normalized spacial score (nSPS) is 12.0. The molecule has 1 aromatic carbocycles. The van der Waals surface area contributed by atoms with Crippen LogP contribution in [-0.4, -0.2) is 15.8 Å². The minimum Gasteiger partial charge on any atom is -0.328 e. The quantitative estimate of drug-likeness (QED) is 0.684. The van der Waals surface area contributed by atoms with Gasteiger partial charge in [0.15, 0.2) is 5.78 Å². The highest BCUT2D eigenvalue weighted by Gasteiger charge is 2.24. The zero-order chi connectivity index (χ0) is 18.7. The number of rotatable bonds is 5. The lowest BCUT2D eigenvalue weighted by molar-refractivity contribution is 0.0976. The maximum Gasteiger partial charge on any atom is 0.247 e. The predicted octanol–water partition coefficient (Wildman–Crippen LogP) is 4.11. The highest BCUT2D eigenvalue weighted by molar-refractivity contribution is 6.30. The molecule has 0 unspecified atom stereocenters. The number of Topliss-reactive ketones (excluding diaryl/α,β-unsaturated/α-hetero) is 1. The van der Waals surface area contributed by atoms with Crippen LogP contribution in [0.1, 0.15) is 34.0 Å². The van der Waals surface area contributed by atoms with Crippen LogP contribution < -0.4 is 5.56 Å². The van der Waals surface area contributed by atoms with Gasteiger partial charge in [-0.1, -0.05) is 17.7 Å². The third-order valence-corrected chi connectivity index (χ3v) is 4.27. The zero-order valence-electron chi connectivity index (χ0n) is 13.4. The Bertz CT molecular complexity index is 1000. The molecule has 0 fully saturated rings. The zero-order valence-corrected chi connectivity index (χ0v) is 14.1. The van der Waals surface area contributed by atoms with E-state index in [-0.39, 0.29) is 34.0 Å². The van der Waals surface area contributed by atoms with Gasteiger partial charge in [-0.05, 0) is 35.9 Å². The Morgan fingerprint density at radius 1 is 1.15 bits per heavy atom. The van der Waals surface area contributed by atoms with Crippen molar-refractivity contribution in [1.82, 2.24) is 9.97 Å². The average molecular weight is 375 g/mol. The molecular weight excluding hydrogens is 362 g/mol. The molecule has 0 saturated carbocycles. The second kappa shape index (κ2) is 7.58. The van der Waals surface area contributed by atoms with Crippen LogP contribution in [-0.2, 0) is 0 Å². The molecule has 0 saturated heterocycles. The highest BCUT2D eigenvalue weighted by atomic mass is 35.5. The van der Waals surface area contributed by atoms with Crippen molar-refractivity contribution in [1.29, 1.82) is 0 Å². The lowest BCUT2D eigenvalue weighted by Gasteiger charge is -2.17. The summed E-state index contributed by atoms with van der Waals surface area (Å²) in [4.78, 5) is 30.2. The fourth-order valence-corrected chi connectivity index (χ4v) is 2.76. The van der Waals surface area contributed by atoms with E-state index in [1.54, 1.807) is 0 Å². The van der Waals surface area contributed by atoms with Gasteiger partial charge < -0.3 is 4.98 Å². The molecule has 0 amide bonds. The standard InChI is InChI=1S/C19H13ClF2N2O2/c20-14-5-3-11(8-16(14)22)13(19-15(21)2-1-7-23-19)9-17(25)12-4-6-18(26)24-10-12/h1-8,10,13H,9H2,(H,24,26)/t13-/m0/s1. The van der Waals surface area contributed by atoms with E-state index in [9.17, 15) is 18.4 Å². The average Bonchev–Trinajstić information content (AvgIpc) is 2.63.